The average molecular weight is 380 g/mol. The Morgan fingerprint density at radius 1 is 1.14 bits per heavy atom. The molecule has 144 valence electrons. The van der Waals surface area contributed by atoms with E-state index >= 15 is 0 Å². The van der Waals surface area contributed by atoms with E-state index in [1.807, 2.05) is 31.2 Å². The molecule has 0 saturated heterocycles. The van der Waals surface area contributed by atoms with Crippen molar-refractivity contribution in [1.82, 2.24) is 4.57 Å². The number of hydrogen-bond donors (Lipinski definition) is 2. The Morgan fingerprint density at radius 3 is 2.61 bits per heavy atom. The van der Waals surface area contributed by atoms with Crippen LogP contribution in [0, 0.1) is 6.92 Å². The van der Waals surface area contributed by atoms with Gasteiger partial charge in [0.05, 0.1) is 19.2 Å². The molecule has 0 unspecified atom stereocenters. The largest absolute Gasteiger partial charge is 0.493 e. The van der Waals surface area contributed by atoms with E-state index in [4.69, 9.17) is 0 Å². The molecule has 0 bridgehead atoms. The number of para-hydroxylation sites is 2. The summed E-state index contributed by atoms with van der Waals surface area (Å²) in [5, 5.41) is 21.7. The van der Waals surface area contributed by atoms with Crippen LogP contribution in [0.4, 0.5) is 11.4 Å². The van der Waals surface area contributed by atoms with Gasteiger partial charge in [-0.05, 0) is 24.6 Å². The molecule has 0 aliphatic carbocycles. The molecule has 8 nitrogen and oxygen atoms in total. The Hall–Kier alpha value is -3.68. The fourth-order valence-electron chi connectivity index (χ4n) is 2.81. The second-order valence-corrected chi connectivity index (χ2v) is 6.11. The summed E-state index contributed by atoms with van der Waals surface area (Å²) in [4.78, 5) is 23.7. The standard InChI is InChI=1S/C20H20N4O4/c1-13-7-3-5-9-15(13)21-11-17(25)22-23-19-14-8-4-6-10-16(14)24(20(19)27)12-18(26)28-2/h3-10,21,27H,11-12H2,1-2H3. The van der Waals surface area contributed by atoms with Crippen molar-refractivity contribution in [3.63, 3.8) is 0 Å². The normalized spacial score (nSPS) is 11.1. The van der Waals surface area contributed by atoms with Crippen molar-refractivity contribution in [3.05, 3.63) is 54.1 Å². The van der Waals surface area contributed by atoms with Crippen molar-refractivity contribution >= 4 is 34.2 Å². The molecule has 0 aliphatic rings. The first-order chi connectivity index (χ1) is 13.5. The maximum absolute atomic E-state index is 12.1. The van der Waals surface area contributed by atoms with Crippen LogP contribution in [0.25, 0.3) is 10.9 Å². The van der Waals surface area contributed by atoms with Gasteiger partial charge in [-0.25, -0.2) is 0 Å². The molecule has 0 fully saturated rings. The first-order valence-electron chi connectivity index (χ1n) is 8.62. The highest BCUT2D eigenvalue weighted by Crippen LogP contribution is 2.38. The van der Waals surface area contributed by atoms with E-state index in [-0.39, 0.29) is 24.7 Å². The van der Waals surface area contributed by atoms with E-state index in [1.165, 1.54) is 11.7 Å². The minimum absolute atomic E-state index is 0.0318. The van der Waals surface area contributed by atoms with Crippen molar-refractivity contribution in [1.29, 1.82) is 0 Å². The average Bonchev–Trinajstić information content (AvgIpc) is 2.97. The molecule has 2 N–H and O–H groups in total. The third-order valence-electron chi connectivity index (χ3n) is 4.27. The molecule has 3 rings (SSSR count). The number of ether oxygens (including phenoxy) is 1. The van der Waals surface area contributed by atoms with Crippen LogP contribution in [-0.2, 0) is 20.9 Å². The molecule has 1 heterocycles. The molecule has 1 aromatic heterocycles. The molecule has 3 aromatic rings. The number of nitrogens with zero attached hydrogens (tertiary/aromatic N) is 3. The number of fused-ring (bicyclic) bond motifs is 1. The molecule has 28 heavy (non-hydrogen) atoms. The summed E-state index contributed by atoms with van der Waals surface area (Å²) in [6.07, 6.45) is 0. The fraction of sp³-hybridized carbons (Fsp3) is 0.200. The van der Waals surface area contributed by atoms with Gasteiger partial charge in [0.1, 0.15) is 6.54 Å². The van der Waals surface area contributed by atoms with Gasteiger partial charge < -0.3 is 15.2 Å². The number of esters is 1. The number of carbonyl (C=O) groups is 2. The molecule has 0 radical (unpaired) electrons. The SMILES string of the molecule is COC(=O)Cn1c(O)c(N=NC(=O)CNc2ccccc2C)c2ccccc21. The highest BCUT2D eigenvalue weighted by Gasteiger charge is 2.18. The Kier molecular flexibility index (Phi) is 5.69. The Morgan fingerprint density at radius 2 is 1.86 bits per heavy atom. The predicted octanol–water partition coefficient (Wildman–Crippen LogP) is 3.55. The maximum atomic E-state index is 12.1. The summed E-state index contributed by atoms with van der Waals surface area (Å²) in [7, 11) is 1.27. The third kappa shape index (κ3) is 4.01. The lowest BCUT2D eigenvalue weighted by Gasteiger charge is -2.06. The number of aryl methyl sites for hydroxylation is 1. The van der Waals surface area contributed by atoms with Gasteiger partial charge in [-0.1, -0.05) is 36.4 Å². The van der Waals surface area contributed by atoms with Crippen LogP contribution < -0.4 is 5.32 Å². The number of aromatic nitrogens is 1. The summed E-state index contributed by atoms with van der Waals surface area (Å²) < 4.78 is 6.03. The van der Waals surface area contributed by atoms with Crippen molar-refractivity contribution in [2.75, 3.05) is 19.0 Å². The molecule has 0 saturated carbocycles. The highest BCUT2D eigenvalue weighted by atomic mass is 16.5. The van der Waals surface area contributed by atoms with Gasteiger partial charge in [0, 0.05) is 11.1 Å². The zero-order valence-corrected chi connectivity index (χ0v) is 15.5. The van der Waals surface area contributed by atoms with Crippen molar-refractivity contribution < 1.29 is 19.4 Å². The van der Waals surface area contributed by atoms with Crippen LogP contribution >= 0.6 is 0 Å². The maximum Gasteiger partial charge on any atom is 0.325 e. The molecule has 8 heteroatoms. The molecule has 0 spiro atoms. The van der Waals surface area contributed by atoms with Crippen LogP contribution in [0.5, 0.6) is 5.88 Å². The highest BCUT2D eigenvalue weighted by molar-refractivity contribution is 5.96. The molecule has 1 amide bonds. The van der Waals surface area contributed by atoms with Gasteiger partial charge in [-0.15, -0.1) is 10.2 Å². The zero-order valence-electron chi connectivity index (χ0n) is 15.5. The lowest BCUT2D eigenvalue weighted by Crippen LogP contribution is -2.11. The van der Waals surface area contributed by atoms with Gasteiger partial charge in [0.2, 0.25) is 5.88 Å². The number of azo groups is 1. The Bertz CT molecular complexity index is 1060. The number of carbonyl (C=O) groups excluding carboxylic acids is 2. The van der Waals surface area contributed by atoms with Crippen LogP contribution in [-0.4, -0.2) is 35.2 Å². The van der Waals surface area contributed by atoms with Gasteiger partial charge in [-0.2, -0.15) is 0 Å². The number of aromatic hydroxyl groups is 1. The number of benzene rings is 2. The molecule has 2 aromatic carbocycles. The summed E-state index contributed by atoms with van der Waals surface area (Å²) >= 11 is 0. The van der Waals surface area contributed by atoms with Crippen molar-refractivity contribution in [3.8, 4) is 5.88 Å². The monoisotopic (exact) mass is 380 g/mol. The molecular weight excluding hydrogens is 360 g/mol. The molecule has 0 atom stereocenters. The first-order valence-corrected chi connectivity index (χ1v) is 8.62. The van der Waals surface area contributed by atoms with Crippen LogP contribution in [0.3, 0.4) is 0 Å². The second-order valence-electron chi connectivity index (χ2n) is 6.11. The quantitative estimate of drug-likeness (QED) is 0.502. The first kappa shape index (κ1) is 19.1. The van der Waals surface area contributed by atoms with Gasteiger partial charge in [-0.3, -0.25) is 14.2 Å². The van der Waals surface area contributed by atoms with E-state index in [2.05, 4.69) is 20.3 Å². The van der Waals surface area contributed by atoms with Crippen molar-refractivity contribution in [2.45, 2.75) is 13.5 Å². The molecular formula is C20H20N4O4. The number of nitrogens with one attached hydrogen (secondary N) is 1. The number of methoxy groups -OCH3 is 1. The van der Waals surface area contributed by atoms with Gasteiger partial charge >= 0.3 is 5.97 Å². The minimum atomic E-state index is -0.516. The molecule has 0 aliphatic heterocycles. The van der Waals surface area contributed by atoms with Crippen molar-refractivity contribution in [2.24, 2.45) is 10.2 Å². The van der Waals surface area contributed by atoms with E-state index < -0.39 is 11.9 Å². The van der Waals surface area contributed by atoms with Crippen LogP contribution in [0.1, 0.15) is 5.56 Å². The number of amides is 1. The minimum Gasteiger partial charge on any atom is -0.493 e. The number of anilines is 1. The van der Waals surface area contributed by atoms with Crippen LogP contribution in [0.2, 0.25) is 0 Å². The Labute approximate surface area is 161 Å². The van der Waals surface area contributed by atoms with E-state index in [1.54, 1.807) is 24.3 Å². The summed E-state index contributed by atoms with van der Waals surface area (Å²) in [5.41, 5.74) is 2.56. The summed E-state index contributed by atoms with van der Waals surface area (Å²) in [5.74, 6) is -1.26. The predicted molar refractivity (Wildman–Crippen MR) is 105 cm³/mol. The van der Waals surface area contributed by atoms with Gasteiger partial charge in [0.25, 0.3) is 5.91 Å². The number of rotatable bonds is 6. The van der Waals surface area contributed by atoms with E-state index in [0.29, 0.717) is 10.9 Å². The van der Waals surface area contributed by atoms with Gasteiger partial charge in [0.15, 0.2) is 5.69 Å². The lowest BCUT2D eigenvalue weighted by molar-refractivity contribution is -0.141. The van der Waals surface area contributed by atoms with E-state index in [0.717, 1.165) is 11.3 Å². The lowest BCUT2D eigenvalue weighted by atomic mass is 10.2. The fourth-order valence-corrected chi connectivity index (χ4v) is 2.81. The zero-order chi connectivity index (χ0) is 20.1. The topological polar surface area (TPSA) is 105 Å². The van der Waals surface area contributed by atoms with E-state index in [9.17, 15) is 14.7 Å². The Balaban J connectivity index is 1.81. The number of hydrogen-bond acceptors (Lipinski definition) is 6. The summed E-state index contributed by atoms with van der Waals surface area (Å²) in [6.45, 7) is 1.72. The summed E-state index contributed by atoms with van der Waals surface area (Å²) in [6, 6.07) is 14.6. The second kappa shape index (κ2) is 8.34. The smallest absolute Gasteiger partial charge is 0.325 e. The third-order valence-corrected chi connectivity index (χ3v) is 4.27. The van der Waals surface area contributed by atoms with Crippen LogP contribution in [0.15, 0.2) is 58.8 Å².